The Balaban J connectivity index is 2.56. The average molecular weight is 279 g/mol. The van der Waals surface area contributed by atoms with Crippen molar-refractivity contribution in [2.24, 2.45) is 11.7 Å². The van der Waals surface area contributed by atoms with Crippen LogP contribution in [0.25, 0.3) is 0 Å². The van der Waals surface area contributed by atoms with Crippen molar-refractivity contribution in [1.29, 1.82) is 0 Å². The smallest absolute Gasteiger partial charge is 0.322 e. The second-order valence-electron chi connectivity index (χ2n) is 5.44. The Bertz CT molecular complexity index is 403. The van der Waals surface area contributed by atoms with E-state index in [1.165, 1.54) is 0 Å². The van der Waals surface area contributed by atoms with Crippen LogP contribution in [0, 0.1) is 5.92 Å². The van der Waals surface area contributed by atoms with Gasteiger partial charge < -0.3 is 15.2 Å². The second-order valence-corrected chi connectivity index (χ2v) is 5.44. The molecule has 0 aliphatic heterocycles. The lowest BCUT2D eigenvalue weighted by Gasteiger charge is -2.28. The Morgan fingerprint density at radius 3 is 2.25 bits per heavy atom. The molecule has 1 aromatic carbocycles. The van der Waals surface area contributed by atoms with Gasteiger partial charge in [-0.3, -0.25) is 4.79 Å². The van der Waals surface area contributed by atoms with Gasteiger partial charge in [-0.1, -0.05) is 44.2 Å². The lowest BCUT2D eigenvalue weighted by molar-refractivity contribution is -0.162. The molecular weight excluding hydrogens is 254 g/mol. The van der Waals surface area contributed by atoms with E-state index in [1.807, 2.05) is 51.1 Å². The molecule has 0 amide bonds. The first-order valence-corrected chi connectivity index (χ1v) is 7.03. The van der Waals surface area contributed by atoms with Crippen LogP contribution < -0.4 is 5.73 Å². The van der Waals surface area contributed by atoms with Gasteiger partial charge in [-0.2, -0.15) is 0 Å². The van der Waals surface area contributed by atoms with Crippen molar-refractivity contribution in [3.63, 3.8) is 0 Å². The predicted molar refractivity (Wildman–Crippen MR) is 79.1 cm³/mol. The number of hydrogen-bond donors (Lipinski definition) is 1. The molecule has 112 valence electrons. The van der Waals surface area contributed by atoms with Gasteiger partial charge in [-0.25, -0.2) is 0 Å². The highest BCUT2D eigenvalue weighted by Crippen LogP contribution is 2.16. The summed E-state index contributed by atoms with van der Waals surface area (Å²) in [7, 11) is 0. The first kappa shape index (κ1) is 16.7. The highest BCUT2D eigenvalue weighted by Gasteiger charge is 2.26. The molecule has 2 N–H and O–H groups in total. The zero-order valence-corrected chi connectivity index (χ0v) is 12.7. The van der Waals surface area contributed by atoms with Gasteiger partial charge in [0.05, 0.1) is 12.7 Å². The van der Waals surface area contributed by atoms with Crippen molar-refractivity contribution in [3.8, 4) is 0 Å². The summed E-state index contributed by atoms with van der Waals surface area (Å²) in [6.45, 7) is 8.04. The van der Waals surface area contributed by atoms with E-state index in [1.54, 1.807) is 6.92 Å². The van der Waals surface area contributed by atoms with Crippen molar-refractivity contribution in [2.75, 3.05) is 0 Å². The monoisotopic (exact) mass is 279 g/mol. The fourth-order valence-corrected chi connectivity index (χ4v) is 1.91. The normalized spacial score (nSPS) is 15.7. The molecule has 0 aromatic heterocycles. The second kappa shape index (κ2) is 8.02. The third-order valence-electron chi connectivity index (χ3n) is 3.10. The minimum absolute atomic E-state index is 0.170. The number of carbonyl (C=O) groups excluding carboxylic acids is 1. The van der Waals surface area contributed by atoms with Gasteiger partial charge in [0.2, 0.25) is 0 Å². The summed E-state index contributed by atoms with van der Waals surface area (Å²) in [6, 6.07) is 9.31. The predicted octanol–water partition coefficient (Wildman–Crippen LogP) is 2.51. The molecule has 0 aliphatic carbocycles. The van der Waals surface area contributed by atoms with E-state index in [9.17, 15) is 4.79 Å². The van der Waals surface area contributed by atoms with Gasteiger partial charge >= 0.3 is 5.97 Å². The van der Waals surface area contributed by atoms with Crippen molar-refractivity contribution < 1.29 is 14.3 Å². The van der Waals surface area contributed by atoms with Crippen LogP contribution in [0.1, 0.15) is 33.3 Å². The van der Waals surface area contributed by atoms with Crippen LogP contribution in [0.15, 0.2) is 30.3 Å². The van der Waals surface area contributed by atoms with E-state index in [4.69, 9.17) is 15.2 Å². The topological polar surface area (TPSA) is 61.5 Å². The van der Waals surface area contributed by atoms with Crippen molar-refractivity contribution in [2.45, 2.75) is 52.6 Å². The number of esters is 1. The van der Waals surface area contributed by atoms with Crippen molar-refractivity contribution >= 4 is 5.97 Å². The van der Waals surface area contributed by atoms with Gasteiger partial charge in [0, 0.05) is 0 Å². The molecule has 0 bridgehead atoms. The third kappa shape index (κ3) is 5.31. The van der Waals surface area contributed by atoms with Crippen LogP contribution in [0.5, 0.6) is 0 Å². The quantitative estimate of drug-likeness (QED) is 0.779. The lowest BCUT2D eigenvalue weighted by Crippen LogP contribution is -2.40. The first-order valence-electron chi connectivity index (χ1n) is 7.03. The highest BCUT2D eigenvalue weighted by atomic mass is 16.6. The van der Waals surface area contributed by atoms with E-state index in [-0.39, 0.29) is 24.1 Å². The molecule has 0 spiro atoms. The van der Waals surface area contributed by atoms with Gasteiger partial charge in [0.1, 0.15) is 12.1 Å². The molecule has 0 heterocycles. The van der Waals surface area contributed by atoms with Crippen LogP contribution in [0.4, 0.5) is 0 Å². The molecule has 20 heavy (non-hydrogen) atoms. The number of hydrogen-bond acceptors (Lipinski definition) is 4. The molecule has 0 saturated heterocycles. The molecule has 1 rings (SSSR count). The zero-order valence-electron chi connectivity index (χ0n) is 12.7. The molecule has 4 heteroatoms. The molecule has 0 saturated carbocycles. The molecule has 0 aliphatic rings. The largest absolute Gasteiger partial charge is 0.458 e. The highest BCUT2D eigenvalue weighted by molar-refractivity contribution is 5.75. The summed E-state index contributed by atoms with van der Waals surface area (Å²) >= 11 is 0. The Labute approximate surface area is 121 Å². The number of ether oxygens (including phenoxy) is 2. The first-order chi connectivity index (χ1) is 9.41. The Morgan fingerprint density at radius 2 is 1.75 bits per heavy atom. The van der Waals surface area contributed by atoms with Crippen LogP contribution in [0.2, 0.25) is 0 Å². The SMILES string of the molecule is CC(C)C(OC(=O)[C@H](C)N)[C@H](C)OCc1ccccc1. The number of rotatable bonds is 7. The maximum Gasteiger partial charge on any atom is 0.322 e. The summed E-state index contributed by atoms with van der Waals surface area (Å²) in [6.07, 6.45) is -0.477. The standard InChI is InChI=1S/C16H25NO3/c1-11(2)15(20-16(18)12(3)17)13(4)19-10-14-8-6-5-7-9-14/h5-9,11-13,15H,10,17H2,1-4H3/t12-,13-,15?/m0/s1. The summed E-state index contributed by atoms with van der Waals surface area (Å²) in [5, 5.41) is 0. The summed E-state index contributed by atoms with van der Waals surface area (Å²) in [4.78, 5) is 11.6. The van der Waals surface area contributed by atoms with Crippen molar-refractivity contribution in [3.05, 3.63) is 35.9 Å². The summed E-state index contributed by atoms with van der Waals surface area (Å²) in [5.74, 6) is -0.220. The average Bonchev–Trinajstić information content (AvgIpc) is 2.42. The Kier molecular flexibility index (Phi) is 6.68. The van der Waals surface area contributed by atoms with E-state index in [0.717, 1.165) is 5.56 Å². The molecule has 0 radical (unpaired) electrons. The van der Waals surface area contributed by atoms with E-state index < -0.39 is 6.04 Å². The van der Waals surface area contributed by atoms with Crippen LogP contribution in [-0.2, 0) is 20.9 Å². The van der Waals surface area contributed by atoms with Gasteiger partial charge in [0.25, 0.3) is 0 Å². The fourth-order valence-electron chi connectivity index (χ4n) is 1.91. The lowest BCUT2D eigenvalue weighted by atomic mass is 10.0. The summed E-state index contributed by atoms with van der Waals surface area (Å²) < 4.78 is 11.2. The van der Waals surface area contributed by atoms with Gasteiger partial charge in [0.15, 0.2) is 0 Å². The van der Waals surface area contributed by atoms with Crippen LogP contribution in [-0.4, -0.2) is 24.2 Å². The van der Waals surface area contributed by atoms with Crippen molar-refractivity contribution in [1.82, 2.24) is 0 Å². The maximum absolute atomic E-state index is 11.6. The van der Waals surface area contributed by atoms with Crippen LogP contribution >= 0.6 is 0 Å². The molecule has 0 fully saturated rings. The molecule has 4 nitrogen and oxygen atoms in total. The number of benzene rings is 1. The Morgan fingerprint density at radius 1 is 1.15 bits per heavy atom. The molecule has 3 atom stereocenters. The molecular formula is C16H25NO3. The third-order valence-corrected chi connectivity index (χ3v) is 3.10. The molecule has 1 aromatic rings. The maximum atomic E-state index is 11.6. The summed E-state index contributed by atoms with van der Waals surface area (Å²) in [5.41, 5.74) is 6.63. The van der Waals surface area contributed by atoms with E-state index >= 15 is 0 Å². The fraction of sp³-hybridized carbons (Fsp3) is 0.562. The minimum Gasteiger partial charge on any atom is -0.458 e. The van der Waals surface area contributed by atoms with E-state index in [2.05, 4.69) is 0 Å². The molecule has 1 unspecified atom stereocenters. The van der Waals surface area contributed by atoms with Gasteiger partial charge in [-0.05, 0) is 25.3 Å². The minimum atomic E-state index is -0.613. The number of carbonyl (C=O) groups is 1. The van der Waals surface area contributed by atoms with Crippen LogP contribution in [0.3, 0.4) is 0 Å². The van der Waals surface area contributed by atoms with Gasteiger partial charge in [-0.15, -0.1) is 0 Å². The zero-order chi connectivity index (χ0) is 15.1. The van der Waals surface area contributed by atoms with E-state index in [0.29, 0.717) is 6.61 Å². The Hall–Kier alpha value is -1.39. The number of nitrogens with two attached hydrogens (primary N) is 1.